The van der Waals surface area contributed by atoms with Gasteiger partial charge in [-0.25, -0.2) is 0 Å². The summed E-state index contributed by atoms with van der Waals surface area (Å²) >= 11 is 5.97. The molecule has 1 aliphatic carbocycles. The molecule has 3 heteroatoms. The van der Waals surface area contributed by atoms with Gasteiger partial charge in [-0.05, 0) is 37.0 Å². The van der Waals surface area contributed by atoms with Crippen molar-refractivity contribution in [1.29, 1.82) is 0 Å². The van der Waals surface area contributed by atoms with Crippen molar-refractivity contribution in [2.45, 2.75) is 20.3 Å². The van der Waals surface area contributed by atoms with Gasteiger partial charge in [0.05, 0.1) is 0 Å². The molecule has 0 saturated heterocycles. The van der Waals surface area contributed by atoms with E-state index in [1.807, 2.05) is 19.1 Å². The van der Waals surface area contributed by atoms with E-state index in [0.29, 0.717) is 10.9 Å². The van der Waals surface area contributed by atoms with Crippen LogP contribution in [0.4, 0.5) is 5.69 Å². The smallest absolute Gasteiger partial charge is 0.227 e. The Labute approximate surface area is 94.6 Å². The van der Waals surface area contributed by atoms with Crippen LogP contribution in [0, 0.1) is 18.8 Å². The van der Waals surface area contributed by atoms with E-state index in [2.05, 4.69) is 12.2 Å². The molecular formula is C12H14ClNO. The van der Waals surface area contributed by atoms with Crippen LogP contribution in [-0.4, -0.2) is 5.91 Å². The number of hydrogen-bond donors (Lipinski definition) is 1. The fourth-order valence-corrected chi connectivity index (χ4v) is 1.77. The van der Waals surface area contributed by atoms with Gasteiger partial charge in [-0.15, -0.1) is 0 Å². The van der Waals surface area contributed by atoms with Crippen molar-refractivity contribution in [3.05, 3.63) is 28.8 Å². The molecule has 80 valence electrons. The molecule has 1 aromatic carbocycles. The van der Waals surface area contributed by atoms with E-state index >= 15 is 0 Å². The summed E-state index contributed by atoms with van der Waals surface area (Å²) in [6.45, 7) is 4.03. The number of nitrogens with one attached hydrogen (secondary N) is 1. The predicted octanol–water partition coefficient (Wildman–Crippen LogP) is 3.24. The first-order chi connectivity index (χ1) is 7.08. The number of benzene rings is 1. The molecule has 1 aliphatic rings. The molecule has 15 heavy (non-hydrogen) atoms. The van der Waals surface area contributed by atoms with Gasteiger partial charge in [0, 0.05) is 16.6 Å². The van der Waals surface area contributed by atoms with Crippen molar-refractivity contribution in [3.8, 4) is 0 Å². The quantitative estimate of drug-likeness (QED) is 0.820. The zero-order valence-corrected chi connectivity index (χ0v) is 9.64. The van der Waals surface area contributed by atoms with Crippen LogP contribution in [0.5, 0.6) is 0 Å². The minimum Gasteiger partial charge on any atom is -0.326 e. The largest absolute Gasteiger partial charge is 0.326 e. The first kappa shape index (κ1) is 10.5. The molecule has 1 aromatic rings. The highest BCUT2D eigenvalue weighted by Crippen LogP contribution is 2.38. The fourth-order valence-electron chi connectivity index (χ4n) is 1.59. The van der Waals surface area contributed by atoms with Crippen LogP contribution in [0.3, 0.4) is 0 Å². The number of carbonyl (C=O) groups is 1. The maximum atomic E-state index is 11.6. The molecule has 0 bridgehead atoms. The maximum Gasteiger partial charge on any atom is 0.227 e. The Bertz CT molecular complexity index is 403. The van der Waals surface area contributed by atoms with Gasteiger partial charge in [0.1, 0.15) is 0 Å². The normalized spacial score (nSPS) is 23.7. The van der Waals surface area contributed by atoms with E-state index in [9.17, 15) is 4.79 Å². The Morgan fingerprint density at radius 1 is 1.53 bits per heavy atom. The summed E-state index contributed by atoms with van der Waals surface area (Å²) in [6, 6.07) is 5.59. The summed E-state index contributed by atoms with van der Waals surface area (Å²) in [4.78, 5) is 11.6. The standard InChI is InChI=1S/C12H14ClNO/c1-7-3-4-9(6-11(7)13)14-12(15)10-5-8(10)2/h3-4,6,8,10H,5H2,1-2H3,(H,14,15)/t8-,10+/m1/s1. The molecule has 0 aromatic heterocycles. The van der Waals surface area contributed by atoms with Gasteiger partial charge >= 0.3 is 0 Å². The molecule has 0 heterocycles. The molecule has 2 nitrogen and oxygen atoms in total. The molecule has 1 N–H and O–H groups in total. The number of hydrogen-bond acceptors (Lipinski definition) is 1. The second-order valence-corrected chi connectivity index (χ2v) is 4.68. The third kappa shape index (κ3) is 2.32. The summed E-state index contributed by atoms with van der Waals surface area (Å²) in [7, 11) is 0. The van der Waals surface area contributed by atoms with Crippen LogP contribution < -0.4 is 5.32 Å². The van der Waals surface area contributed by atoms with Gasteiger partial charge in [0.15, 0.2) is 0 Å². The van der Waals surface area contributed by atoms with Crippen molar-refractivity contribution >= 4 is 23.2 Å². The van der Waals surface area contributed by atoms with Gasteiger partial charge in [-0.3, -0.25) is 4.79 Å². The number of carbonyl (C=O) groups excluding carboxylic acids is 1. The number of amides is 1. The lowest BCUT2D eigenvalue weighted by molar-refractivity contribution is -0.117. The highest BCUT2D eigenvalue weighted by atomic mass is 35.5. The number of anilines is 1. The maximum absolute atomic E-state index is 11.6. The van der Waals surface area contributed by atoms with E-state index in [4.69, 9.17) is 11.6 Å². The highest BCUT2D eigenvalue weighted by Gasteiger charge is 2.39. The van der Waals surface area contributed by atoms with Crippen molar-refractivity contribution in [3.63, 3.8) is 0 Å². The average Bonchev–Trinajstić information content (AvgIpc) is 2.89. The molecule has 1 amide bonds. The monoisotopic (exact) mass is 223 g/mol. The highest BCUT2D eigenvalue weighted by molar-refractivity contribution is 6.31. The average molecular weight is 224 g/mol. The van der Waals surface area contributed by atoms with E-state index in [0.717, 1.165) is 17.7 Å². The minimum absolute atomic E-state index is 0.113. The molecule has 0 aliphatic heterocycles. The van der Waals surface area contributed by atoms with E-state index in [1.165, 1.54) is 0 Å². The predicted molar refractivity (Wildman–Crippen MR) is 62.1 cm³/mol. The lowest BCUT2D eigenvalue weighted by Gasteiger charge is -2.06. The third-order valence-electron chi connectivity index (χ3n) is 2.89. The first-order valence-corrected chi connectivity index (χ1v) is 5.52. The van der Waals surface area contributed by atoms with E-state index in [-0.39, 0.29) is 11.8 Å². The summed E-state index contributed by atoms with van der Waals surface area (Å²) in [6.07, 6.45) is 1.01. The molecule has 1 saturated carbocycles. The SMILES string of the molecule is Cc1ccc(NC(=O)[C@H]2C[C@H]2C)cc1Cl. The van der Waals surface area contributed by atoms with Crippen molar-refractivity contribution in [1.82, 2.24) is 0 Å². The van der Waals surface area contributed by atoms with Crippen LogP contribution >= 0.6 is 11.6 Å². The Hall–Kier alpha value is -1.02. The molecule has 0 unspecified atom stereocenters. The summed E-state index contributed by atoms with van der Waals surface area (Å²) in [5.41, 5.74) is 1.81. The zero-order valence-electron chi connectivity index (χ0n) is 8.88. The molecule has 2 atom stereocenters. The van der Waals surface area contributed by atoms with Crippen molar-refractivity contribution < 1.29 is 4.79 Å². The summed E-state index contributed by atoms with van der Waals surface area (Å²) < 4.78 is 0. The summed E-state index contributed by atoms with van der Waals surface area (Å²) in [5, 5.41) is 3.57. The lowest BCUT2D eigenvalue weighted by Crippen LogP contribution is -2.14. The van der Waals surface area contributed by atoms with Crippen molar-refractivity contribution in [2.75, 3.05) is 5.32 Å². The molecule has 1 fully saturated rings. The second kappa shape index (κ2) is 3.86. The van der Waals surface area contributed by atoms with Crippen molar-refractivity contribution in [2.24, 2.45) is 11.8 Å². The van der Waals surface area contributed by atoms with Crippen LogP contribution in [0.1, 0.15) is 18.9 Å². The Kier molecular flexibility index (Phi) is 2.70. The minimum atomic E-state index is 0.113. The summed E-state index contributed by atoms with van der Waals surface area (Å²) in [5.74, 6) is 0.846. The second-order valence-electron chi connectivity index (χ2n) is 4.27. The first-order valence-electron chi connectivity index (χ1n) is 5.15. The Balaban J connectivity index is 2.04. The third-order valence-corrected chi connectivity index (χ3v) is 3.29. The topological polar surface area (TPSA) is 29.1 Å². The number of rotatable bonds is 2. The fraction of sp³-hybridized carbons (Fsp3) is 0.417. The van der Waals surface area contributed by atoms with Gasteiger partial charge in [0.25, 0.3) is 0 Å². The molecule has 0 radical (unpaired) electrons. The lowest BCUT2D eigenvalue weighted by atomic mass is 10.2. The Morgan fingerprint density at radius 3 is 2.73 bits per heavy atom. The van der Waals surface area contributed by atoms with Crippen LogP contribution in [0.25, 0.3) is 0 Å². The zero-order chi connectivity index (χ0) is 11.0. The van der Waals surface area contributed by atoms with E-state index < -0.39 is 0 Å². The van der Waals surface area contributed by atoms with Crippen LogP contribution in [-0.2, 0) is 4.79 Å². The molecule has 2 rings (SSSR count). The van der Waals surface area contributed by atoms with E-state index in [1.54, 1.807) is 6.07 Å². The molecule has 0 spiro atoms. The van der Waals surface area contributed by atoms with Crippen LogP contribution in [0.15, 0.2) is 18.2 Å². The van der Waals surface area contributed by atoms with Gasteiger partial charge in [-0.2, -0.15) is 0 Å². The van der Waals surface area contributed by atoms with Crippen LogP contribution in [0.2, 0.25) is 5.02 Å². The Morgan fingerprint density at radius 2 is 2.20 bits per heavy atom. The number of halogens is 1. The number of aryl methyl sites for hydroxylation is 1. The van der Waals surface area contributed by atoms with Gasteiger partial charge < -0.3 is 5.32 Å². The van der Waals surface area contributed by atoms with Gasteiger partial charge in [-0.1, -0.05) is 24.6 Å². The molecular weight excluding hydrogens is 210 g/mol. The van der Waals surface area contributed by atoms with Gasteiger partial charge in [0.2, 0.25) is 5.91 Å².